The molecule has 0 radical (unpaired) electrons. The Morgan fingerprint density at radius 1 is 1.19 bits per heavy atom. The lowest BCUT2D eigenvalue weighted by atomic mass is 9.87. The fourth-order valence-corrected chi connectivity index (χ4v) is 4.30. The summed E-state index contributed by atoms with van der Waals surface area (Å²) in [6.07, 6.45) is 3.08. The Hall–Kier alpha value is -1.44. The largest absolute Gasteiger partial charge is 0.396 e. The molecule has 1 aromatic rings. The zero-order chi connectivity index (χ0) is 18.5. The van der Waals surface area contributed by atoms with Gasteiger partial charge in [0.2, 0.25) is 5.95 Å². The topological polar surface area (TPSA) is 67.8 Å². The van der Waals surface area contributed by atoms with E-state index in [0.29, 0.717) is 12.0 Å². The third-order valence-corrected chi connectivity index (χ3v) is 5.82. The highest BCUT2D eigenvalue weighted by Gasteiger charge is 2.34. The molecule has 26 heavy (non-hydrogen) atoms. The third-order valence-electron chi connectivity index (χ3n) is 5.82. The van der Waals surface area contributed by atoms with Gasteiger partial charge >= 0.3 is 0 Å². The fraction of sp³-hybridized carbons (Fsp3) is 0.789. The molecule has 2 N–H and O–H groups in total. The van der Waals surface area contributed by atoms with Gasteiger partial charge in [-0.2, -0.15) is 4.98 Å². The Labute approximate surface area is 157 Å². The van der Waals surface area contributed by atoms with Gasteiger partial charge < -0.3 is 20.2 Å². The van der Waals surface area contributed by atoms with Gasteiger partial charge in [-0.3, -0.25) is 4.90 Å². The summed E-state index contributed by atoms with van der Waals surface area (Å²) in [6, 6.07) is 2.59. The van der Waals surface area contributed by atoms with Gasteiger partial charge in [-0.1, -0.05) is 0 Å². The van der Waals surface area contributed by atoms with E-state index in [9.17, 15) is 5.11 Å². The number of anilines is 2. The van der Waals surface area contributed by atoms with Crippen molar-refractivity contribution in [2.45, 2.75) is 32.2 Å². The van der Waals surface area contributed by atoms with Gasteiger partial charge in [-0.25, -0.2) is 4.98 Å². The minimum Gasteiger partial charge on any atom is -0.396 e. The second kappa shape index (κ2) is 8.97. The van der Waals surface area contributed by atoms with Crippen molar-refractivity contribution < 1.29 is 5.11 Å². The van der Waals surface area contributed by atoms with Crippen molar-refractivity contribution in [1.29, 1.82) is 0 Å². The summed E-state index contributed by atoms with van der Waals surface area (Å²) in [7, 11) is 4.10. The van der Waals surface area contributed by atoms with E-state index in [4.69, 9.17) is 0 Å². The second-order valence-electron chi connectivity index (χ2n) is 7.71. The Morgan fingerprint density at radius 3 is 2.65 bits per heavy atom. The first kappa shape index (κ1) is 19.3. The summed E-state index contributed by atoms with van der Waals surface area (Å²) >= 11 is 0. The molecule has 7 nitrogen and oxygen atoms in total. The van der Waals surface area contributed by atoms with Crippen LogP contribution in [0, 0.1) is 12.8 Å². The number of aliphatic hydroxyl groups excluding tert-OH is 1. The summed E-state index contributed by atoms with van der Waals surface area (Å²) in [6.45, 7) is 8.88. The van der Waals surface area contributed by atoms with Gasteiger partial charge in [0.1, 0.15) is 5.82 Å². The molecule has 2 fully saturated rings. The quantitative estimate of drug-likeness (QED) is 0.784. The van der Waals surface area contributed by atoms with Gasteiger partial charge in [0.15, 0.2) is 0 Å². The van der Waals surface area contributed by atoms with Gasteiger partial charge in [0.05, 0.1) is 0 Å². The van der Waals surface area contributed by atoms with E-state index >= 15 is 0 Å². The molecule has 0 saturated carbocycles. The molecule has 2 aliphatic heterocycles. The van der Waals surface area contributed by atoms with E-state index in [0.717, 1.165) is 76.0 Å². The highest BCUT2D eigenvalue weighted by molar-refractivity contribution is 5.43. The van der Waals surface area contributed by atoms with Crippen LogP contribution in [0.3, 0.4) is 0 Å². The number of hydrogen-bond donors (Lipinski definition) is 2. The van der Waals surface area contributed by atoms with E-state index in [1.807, 2.05) is 20.0 Å². The highest BCUT2D eigenvalue weighted by Crippen LogP contribution is 2.29. The Morgan fingerprint density at radius 2 is 1.96 bits per heavy atom. The first-order valence-corrected chi connectivity index (χ1v) is 9.92. The van der Waals surface area contributed by atoms with Gasteiger partial charge in [0, 0.05) is 70.7 Å². The summed E-state index contributed by atoms with van der Waals surface area (Å²) in [5, 5.41) is 12.5. The van der Waals surface area contributed by atoms with Crippen molar-refractivity contribution >= 4 is 11.8 Å². The number of nitrogens with one attached hydrogen (secondary N) is 1. The molecule has 0 aliphatic carbocycles. The summed E-state index contributed by atoms with van der Waals surface area (Å²) in [4.78, 5) is 16.8. The molecule has 0 aromatic carbocycles. The monoisotopic (exact) mass is 362 g/mol. The van der Waals surface area contributed by atoms with Crippen molar-refractivity contribution in [1.82, 2.24) is 19.8 Å². The van der Waals surface area contributed by atoms with E-state index in [1.165, 1.54) is 0 Å². The maximum atomic E-state index is 9.35. The molecule has 3 rings (SSSR count). The lowest BCUT2D eigenvalue weighted by molar-refractivity contribution is 0.0636. The second-order valence-corrected chi connectivity index (χ2v) is 7.71. The SMILES string of the molecule is CNc1cc(C)nc(N2CC[C@H](N3CCN(C)CC3)[C@H](CCCO)C2)n1. The zero-order valence-electron chi connectivity index (χ0n) is 16.5. The Kier molecular flexibility index (Phi) is 6.67. The predicted molar refractivity (Wildman–Crippen MR) is 106 cm³/mol. The van der Waals surface area contributed by atoms with E-state index < -0.39 is 0 Å². The molecule has 0 amide bonds. The van der Waals surface area contributed by atoms with Crippen LogP contribution in [0.25, 0.3) is 0 Å². The Balaban J connectivity index is 1.72. The third kappa shape index (κ3) is 4.64. The Bertz CT molecular complexity index is 575. The number of piperidine rings is 1. The molecule has 2 saturated heterocycles. The molecule has 1 aromatic heterocycles. The lowest BCUT2D eigenvalue weighted by Gasteiger charge is -2.46. The molecule has 7 heteroatoms. The van der Waals surface area contributed by atoms with Crippen LogP contribution in [0.1, 0.15) is 25.0 Å². The highest BCUT2D eigenvalue weighted by atomic mass is 16.2. The van der Waals surface area contributed by atoms with Crippen molar-refractivity contribution in [3.8, 4) is 0 Å². The van der Waals surface area contributed by atoms with Crippen LogP contribution in [0.5, 0.6) is 0 Å². The first-order chi connectivity index (χ1) is 12.6. The fourth-order valence-electron chi connectivity index (χ4n) is 4.30. The number of hydrogen-bond acceptors (Lipinski definition) is 7. The van der Waals surface area contributed by atoms with Crippen molar-refractivity contribution in [3.05, 3.63) is 11.8 Å². The lowest BCUT2D eigenvalue weighted by Crippen LogP contribution is -2.56. The molecular formula is C19H34N6O. The summed E-state index contributed by atoms with van der Waals surface area (Å²) in [5.41, 5.74) is 0.993. The van der Waals surface area contributed by atoms with Crippen LogP contribution in [0.4, 0.5) is 11.8 Å². The zero-order valence-corrected chi connectivity index (χ0v) is 16.5. The molecule has 0 spiro atoms. The van der Waals surface area contributed by atoms with Crippen LogP contribution >= 0.6 is 0 Å². The van der Waals surface area contributed by atoms with Crippen LogP contribution in [-0.4, -0.2) is 90.9 Å². The maximum Gasteiger partial charge on any atom is 0.227 e. The van der Waals surface area contributed by atoms with Crippen molar-refractivity contribution in [2.75, 3.05) is 70.2 Å². The molecule has 146 valence electrons. The van der Waals surface area contributed by atoms with E-state index in [-0.39, 0.29) is 6.61 Å². The van der Waals surface area contributed by atoms with Crippen molar-refractivity contribution in [2.24, 2.45) is 5.92 Å². The van der Waals surface area contributed by atoms with E-state index in [1.54, 1.807) is 0 Å². The van der Waals surface area contributed by atoms with Gasteiger partial charge in [0.25, 0.3) is 0 Å². The average molecular weight is 363 g/mol. The van der Waals surface area contributed by atoms with Gasteiger partial charge in [-0.05, 0) is 39.2 Å². The number of aliphatic hydroxyl groups is 1. The molecule has 0 bridgehead atoms. The van der Waals surface area contributed by atoms with Crippen LogP contribution in [0.2, 0.25) is 0 Å². The maximum absolute atomic E-state index is 9.35. The first-order valence-electron chi connectivity index (χ1n) is 9.92. The minimum absolute atomic E-state index is 0.275. The smallest absolute Gasteiger partial charge is 0.227 e. The van der Waals surface area contributed by atoms with Crippen LogP contribution < -0.4 is 10.2 Å². The van der Waals surface area contributed by atoms with E-state index in [2.05, 4.69) is 37.0 Å². The number of aryl methyl sites for hydroxylation is 1. The number of piperazine rings is 1. The number of nitrogens with zero attached hydrogens (tertiary/aromatic N) is 5. The predicted octanol–water partition coefficient (Wildman–Crippen LogP) is 1.04. The molecule has 2 aliphatic rings. The molecule has 0 unspecified atom stereocenters. The normalized spacial score (nSPS) is 25.5. The van der Waals surface area contributed by atoms with Crippen LogP contribution in [0.15, 0.2) is 6.07 Å². The average Bonchev–Trinajstić information content (AvgIpc) is 2.66. The number of rotatable bonds is 6. The van der Waals surface area contributed by atoms with Crippen molar-refractivity contribution in [3.63, 3.8) is 0 Å². The summed E-state index contributed by atoms with van der Waals surface area (Å²) in [5.74, 6) is 2.27. The molecule has 2 atom stereocenters. The minimum atomic E-state index is 0.275. The van der Waals surface area contributed by atoms with Crippen LogP contribution in [-0.2, 0) is 0 Å². The standard InChI is InChI=1S/C19H34N6O/c1-15-13-18(20-2)22-19(21-15)25-7-6-17(16(14-25)5-4-12-26)24-10-8-23(3)9-11-24/h13,16-17,26H,4-12,14H2,1-3H3,(H,20,21,22)/t16-,17+/m1/s1. The summed E-state index contributed by atoms with van der Waals surface area (Å²) < 4.78 is 0. The molecule has 3 heterocycles. The number of likely N-dealkylation sites (N-methyl/N-ethyl adjacent to an activating group) is 1. The number of aromatic nitrogens is 2. The molecular weight excluding hydrogens is 328 g/mol. The van der Waals surface area contributed by atoms with Gasteiger partial charge in [-0.15, -0.1) is 0 Å².